The van der Waals surface area contributed by atoms with Crippen LogP contribution in [0.2, 0.25) is 0 Å². The van der Waals surface area contributed by atoms with Gasteiger partial charge in [-0.3, -0.25) is 9.59 Å². The Morgan fingerprint density at radius 1 is 1.00 bits per heavy atom. The fourth-order valence-corrected chi connectivity index (χ4v) is 3.42. The van der Waals surface area contributed by atoms with E-state index in [1.807, 2.05) is 0 Å². The van der Waals surface area contributed by atoms with Crippen molar-refractivity contribution in [1.29, 1.82) is 0 Å². The third-order valence-corrected chi connectivity index (χ3v) is 4.69. The van der Waals surface area contributed by atoms with Gasteiger partial charge < -0.3 is 0 Å². The van der Waals surface area contributed by atoms with Crippen molar-refractivity contribution in [2.24, 2.45) is 17.3 Å². The molecule has 0 radical (unpaired) electrons. The van der Waals surface area contributed by atoms with Crippen molar-refractivity contribution in [3.05, 3.63) is 12.2 Å². The van der Waals surface area contributed by atoms with Gasteiger partial charge >= 0.3 is 0 Å². The normalized spacial score (nSPS) is 30.9. The van der Waals surface area contributed by atoms with Gasteiger partial charge in [0.05, 0.1) is 0 Å². The molecule has 0 aromatic heterocycles. The topological polar surface area (TPSA) is 34.1 Å². The second-order valence-corrected chi connectivity index (χ2v) is 8.06. The highest BCUT2D eigenvalue weighted by Crippen LogP contribution is 2.30. The Balaban J connectivity index is 2.69. The first kappa shape index (κ1) is 19.1. The molecule has 0 spiro atoms. The maximum Gasteiger partial charge on any atom is 0.136 e. The number of hydrogen-bond donors (Lipinski definition) is 0. The summed E-state index contributed by atoms with van der Waals surface area (Å²) in [5.74, 6) is 1.36. The van der Waals surface area contributed by atoms with Crippen molar-refractivity contribution in [1.82, 2.24) is 0 Å². The second kappa shape index (κ2) is 9.27. The van der Waals surface area contributed by atoms with E-state index < -0.39 is 0 Å². The summed E-state index contributed by atoms with van der Waals surface area (Å²) in [7, 11) is 0. The molecule has 0 bridgehead atoms. The van der Waals surface area contributed by atoms with Crippen LogP contribution in [0.1, 0.15) is 85.5 Å². The van der Waals surface area contributed by atoms with E-state index in [0.29, 0.717) is 36.7 Å². The van der Waals surface area contributed by atoms with Crippen LogP contribution in [0.4, 0.5) is 0 Å². The monoisotopic (exact) mass is 306 g/mol. The molecule has 0 aromatic rings. The molecule has 126 valence electrons. The van der Waals surface area contributed by atoms with Gasteiger partial charge in [0, 0.05) is 25.2 Å². The smallest absolute Gasteiger partial charge is 0.136 e. The lowest BCUT2D eigenvalue weighted by atomic mass is 9.78. The highest BCUT2D eigenvalue weighted by molar-refractivity contribution is 5.83. The maximum absolute atomic E-state index is 12.5. The zero-order valence-electron chi connectivity index (χ0n) is 15.0. The molecule has 2 nitrogen and oxygen atoms in total. The molecular formula is C20H34O2. The lowest BCUT2D eigenvalue weighted by Gasteiger charge is -2.25. The van der Waals surface area contributed by atoms with Crippen LogP contribution in [0, 0.1) is 17.3 Å². The number of carbonyl (C=O) groups is 2. The number of hydrogen-bond acceptors (Lipinski definition) is 2. The lowest BCUT2D eigenvalue weighted by Crippen LogP contribution is -2.25. The Kier molecular flexibility index (Phi) is 8.06. The Morgan fingerprint density at radius 3 is 2.32 bits per heavy atom. The number of allylic oxidation sites excluding steroid dienone is 2. The van der Waals surface area contributed by atoms with Gasteiger partial charge in [-0.15, -0.1) is 0 Å². The molecule has 0 aromatic carbocycles. The Morgan fingerprint density at radius 2 is 1.64 bits per heavy atom. The standard InChI is InChI=1S/C20H34O2/c1-16-11-9-7-5-6-8-10-12-18(21)14-20(3,4)15-19(22)17(2)13-16/h5-6,16-17H,7-15H2,1-4H3/b6-5-. The van der Waals surface area contributed by atoms with Crippen LogP contribution in [0.3, 0.4) is 0 Å². The second-order valence-electron chi connectivity index (χ2n) is 8.06. The molecule has 2 unspecified atom stereocenters. The first-order chi connectivity index (χ1) is 10.3. The predicted molar refractivity (Wildman–Crippen MR) is 92.8 cm³/mol. The van der Waals surface area contributed by atoms with Crippen LogP contribution in [-0.4, -0.2) is 11.6 Å². The zero-order chi connectivity index (χ0) is 16.6. The van der Waals surface area contributed by atoms with Gasteiger partial charge in [0.15, 0.2) is 0 Å². The first-order valence-electron chi connectivity index (χ1n) is 8.99. The predicted octanol–water partition coefficient (Wildman–Crippen LogP) is 5.50. The molecule has 0 N–H and O–H groups in total. The van der Waals surface area contributed by atoms with Gasteiger partial charge in [-0.05, 0) is 43.4 Å². The number of ketones is 2. The quantitative estimate of drug-likeness (QED) is 0.553. The van der Waals surface area contributed by atoms with Crippen molar-refractivity contribution >= 4 is 11.6 Å². The molecule has 1 aliphatic carbocycles. The van der Waals surface area contributed by atoms with Crippen LogP contribution in [-0.2, 0) is 9.59 Å². The summed E-state index contributed by atoms with van der Waals surface area (Å²) in [6.07, 6.45) is 12.6. The summed E-state index contributed by atoms with van der Waals surface area (Å²) in [4.78, 5) is 24.5. The molecule has 1 aliphatic rings. The third-order valence-electron chi connectivity index (χ3n) is 4.69. The van der Waals surface area contributed by atoms with Crippen molar-refractivity contribution in [3.8, 4) is 0 Å². The van der Waals surface area contributed by atoms with Crippen LogP contribution in [0.5, 0.6) is 0 Å². The van der Waals surface area contributed by atoms with Crippen molar-refractivity contribution < 1.29 is 9.59 Å². The van der Waals surface area contributed by atoms with Gasteiger partial charge in [0.1, 0.15) is 11.6 Å². The minimum Gasteiger partial charge on any atom is -0.300 e. The zero-order valence-corrected chi connectivity index (χ0v) is 15.0. The molecule has 22 heavy (non-hydrogen) atoms. The van der Waals surface area contributed by atoms with E-state index in [4.69, 9.17) is 0 Å². The highest BCUT2D eigenvalue weighted by Gasteiger charge is 2.27. The first-order valence-corrected chi connectivity index (χ1v) is 8.99. The highest BCUT2D eigenvalue weighted by atomic mass is 16.1. The average molecular weight is 306 g/mol. The molecule has 0 amide bonds. The third kappa shape index (κ3) is 7.91. The average Bonchev–Trinajstić information content (AvgIpc) is 2.39. The lowest BCUT2D eigenvalue weighted by molar-refractivity contribution is -0.126. The number of Topliss-reactive ketones (excluding diaryl/α,β-unsaturated/α-hetero) is 2. The fourth-order valence-electron chi connectivity index (χ4n) is 3.42. The van der Waals surface area contributed by atoms with Crippen molar-refractivity contribution in [2.45, 2.75) is 85.5 Å². The van der Waals surface area contributed by atoms with E-state index in [9.17, 15) is 9.59 Å². The van der Waals surface area contributed by atoms with Crippen LogP contribution < -0.4 is 0 Å². The van der Waals surface area contributed by atoms with Crippen LogP contribution in [0.25, 0.3) is 0 Å². The molecule has 2 atom stereocenters. The molecule has 1 rings (SSSR count). The Hall–Kier alpha value is -0.920. The van der Waals surface area contributed by atoms with Crippen LogP contribution >= 0.6 is 0 Å². The summed E-state index contributed by atoms with van der Waals surface area (Å²) in [6, 6.07) is 0. The molecule has 0 saturated carbocycles. The minimum atomic E-state index is -0.196. The Labute approximate surface area is 136 Å². The van der Waals surface area contributed by atoms with E-state index in [-0.39, 0.29) is 11.3 Å². The molecule has 0 saturated heterocycles. The van der Waals surface area contributed by atoms with E-state index >= 15 is 0 Å². The van der Waals surface area contributed by atoms with Crippen molar-refractivity contribution in [3.63, 3.8) is 0 Å². The van der Waals surface area contributed by atoms with E-state index in [1.165, 1.54) is 12.8 Å². The minimum absolute atomic E-state index is 0.118. The Bertz CT molecular complexity index is 393. The summed E-state index contributed by atoms with van der Waals surface area (Å²) >= 11 is 0. The van der Waals surface area contributed by atoms with Gasteiger partial charge in [0.25, 0.3) is 0 Å². The van der Waals surface area contributed by atoms with E-state index in [2.05, 4.69) is 39.8 Å². The summed E-state index contributed by atoms with van der Waals surface area (Å²) in [5, 5.41) is 0. The summed E-state index contributed by atoms with van der Waals surface area (Å²) in [5.41, 5.74) is -0.196. The molecule has 0 heterocycles. The van der Waals surface area contributed by atoms with E-state index in [0.717, 1.165) is 25.7 Å². The summed E-state index contributed by atoms with van der Waals surface area (Å²) < 4.78 is 0. The van der Waals surface area contributed by atoms with Crippen LogP contribution in [0.15, 0.2) is 12.2 Å². The molecule has 0 aliphatic heterocycles. The molecule has 0 fully saturated rings. The number of carbonyl (C=O) groups excluding carboxylic acids is 2. The fraction of sp³-hybridized carbons (Fsp3) is 0.800. The van der Waals surface area contributed by atoms with E-state index in [1.54, 1.807) is 0 Å². The SMILES string of the molecule is CC1CCC/C=C\CCCC(=O)CC(C)(C)CC(=O)C(C)C1. The maximum atomic E-state index is 12.5. The summed E-state index contributed by atoms with van der Waals surface area (Å²) in [6.45, 7) is 8.43. The van der Waals surface area contributed by atoms with Gasteiger partial charge in [-0.25, -0.2) is 0 Å². The molecular weight excluding hydrogens is 272 g/mol. The number of rotatable bonds is 0. The van der Waals surface area contributed by atoms with Gasteiger partial charge in [-0.1, -0.05) is 46.3 Å². The van der Waals surface area contributed by atoms with Gasteiger partial charge in [-0.2, -0.15) is 0 Å². The van der Waals surface area contributed by atoms with Gasteiger partial charge in [0.2, 0.25) is 0 Å². The van der Waals surface area contributed by atoms with Crippen molar-refractivity contribution in [2.75, 3.05) is 0 Å². The largest absolute Gasteiger partial charge is 0.300 e. The molecule has 2 heteroatoms.